The summed E-state index contributed by atoms with van der Waals surface area (Å²) < 4.78 is 10.9. The molecular weight excluding hydrogens is 536 g/mol. The summed E-state index contributed by atoms with van der Waals surface area (Å²) in [5, 5.41) is 0. The van der Waals surface area contributed by atoms with Crippen molar-refractivity contribution in [2.24, 2.45) is 44.8 Å². The summed E-state index contributed by atoms with van der Waals surface area (Å²) in [5.74, 6) is -0.0516. The third kappa shape index (κ3) is 5.03. The van der Waals surface area contributed by atoms with E-state index in [1.54, 1.807) is 0 Å². The van der Waals surface area contributed by atoms with Crippen LogP contribution in [0.25, 0.3) is 0 Å². The Balaban J connectivity index is 1.50. The average molecular weight is 589 g/mol. The van der Waals surface area contributed by atoms with Gasteiger partial charge in [-0.1, -0.05) is 75.8 Å². The van der Waals surface area contributed by atoms with Gasteiger partial charge in [0.15, 0.2) is 5.78 Å². The lowest BCUT2D eigenvalue weighted by atomic mass is 9.35. The van der Waals surface area contributed by atoms with E-state index in [9.17, 15) is 14.4 Å². The predicted molar refractivity (Wildman–Crippen MR) is 169 cm³/mol. The van der Waals surface area contributed by atoms with Gasteiger partial charge < -0.3 is 9.47 Å². The van der Waals surface area contributed by atoms with Crippen molar-refractivity contribution in [2.45, 2.75) is 106 Å². The van der Waals surface area contributed by atoms with E-state index in [2.05, 4.69) is 48.1 Å². The van der Waals surface area contributed by atoms with Gasteiger partial charge in [-0.15, -0.1) is 0 Å². The third-order valence-electron chi connectivity index (χ3n) is 13.2. The molecule has 5 nitrogen and oxygen atoms in total. The van der Waals surface area contributed by atoms with Crippen molar-refractivity contribution in [1.29, 1.82) is 0 Å². The number of hydrogen-bond acceptors (Lipinski definition) is 5. The van der Waals surface area contributed by atoms with E-state index in [0.29, 0.717) is 19.3 Å². The average Bonchev–Trinajstić information content (AvgIpc) is 2.97. The highest BCUT2D eigenvalue weighted by Crippen LogP contribution is 2.73. The number of methoxy groups -OCH3 is 1. The molecule has 0 bridgehead atoms. The Bertz CT molecular complexity index is 1330. The van der Waals surface area contributed by atoms with Crippen molar-refractivity contribution >= 4 is 17.7 Å². The first-order valence-electron chi connectivity index (χ1n) is 16.3. The maximum absolute atomic E-state index is 14.5. The molecule has 5 heteroatoms. The van der Waals surface area contributed by atoms with Crippen LogP contribution in [0.15, 0.2) is 54.1 Å². The monoisotopic (exact) mass is 588 g/mol. The molecule has 0 spiro atoms. The van der Waals surface area contributed by atoms with E-state index in [4.69, 9.17) is 9.47 Å². The second-order valence-corrected chi connectivity index (χ2v) is 15.7. The lowest BCUT2D eigenvalue weighted by molar-refractivity contribution is -0.170. The summed E-state index contributed by atoms with van der Waals surface area (Å²) in [5.41, 5.74) is 1.99. The van der Waals surface area contributed by atoms with Gasteiger partial charge in [0, 0.05) is 12.3 Å². The molecule has 2 unspecified atom stereocenters. The Morgan fingerprint density at radius 2 is 1.65 bits per heavy atom. The smallest absolute Gasteiger partial charge is 0.312 e. The molecule has 0 aliphatic heterocycles. The van der Waals surface area contributed by atoms with Gasteiger partial charge in [0.1, 0.15) is 6.61 Å². The number of ketones is 1. The first-order valence-corrected chi connectivity index (χ1v) is 16.3. The number of carbonyl (C=O) groups is 3. The van der Waals surface area contributed by atoms with Crippen LogP contribution in [0.4, 0.5) is 0 Å². The zero-order valence-corrected chi connectivity index (χ0v) is 27.5. The Hall–Kier alpha value is -2.69. The minimum atomic E-state index is -0.592. The van der Waals surface area contributed by atoms with Crippen molar-refractivity contribution in [3.63, 3.8) is 0 Å². The molecule has 0 amide bonds. The molecule has 1 aromatic carbocycles. The van der Waals surface area contributed by atoms with E-state index in [-0.39, 0.29) is 58.3 Å². The van der Waals surface area contributed by atoms with Gasteiger partial charge in [0.05, 0.1) is 12.5 Å². The fourth-order valence-corrected chi connectivity index (χ4v) is 10.3. The number of hydrogen-bond donors (Lipinski definition) is 0. The lowest BCUT2D eigenvalue weighted by Gasteiger charge is -2.68. The molecule has 4 aliphatic rings. The van der Waals surface area contributed by atoms with Crippen LogP contribution in [0.1, 0.15) is 105 Å². The van der Waals surface area contributed by atoms with Crippen LogP contribution >= 0.6 is 0 Å². The van der Waals surface area contributed by atoms with E-state index in [0.717, 1.165) is 49.7 Å². The van der Waals surface area contributed by atoms with Crippen LogP contribution in [0.5, 0.6) is 0 Å². The summed E-state index contributed by atoms with van der Waals surface area (Å²) in [7, 11) is 1.43. The third-order valence-corrected chi connectivity index (χ3v) is 13.2. The highest BCUT2D eigenvalue weighted by molar-refractivity contribution is 5.96. The molecule has 0 N–H and O–H groups in total. The fraction of sp³-hybridized carbons (Fsp3) is 0.658. The summed E-state index contributed by atoms with van der Waals surface area (Å²) in [6.45, 7) is 18.1. The molecule has 3 fully saturated rings. The number of allylic oxidation sites excluding steroid dienone is 3. The first-order chi connectivity index (χ1) is 20.1. The van der Waals surface area contributed by atoms with Crippen molar-refractivity contribution < 1.29 is 23.9 Å². The normalized spacial score (nSPS) is 40.3. The van der Waals surface area contributed by atoms with Crippen molar-refractivity contribution in [2.75, 3.05) is 7.11 Å². The lowest BCUT2D eigenvalue weighted by Crippen LogP contribution is -2.63. The highest BCUT2D eigenvalue weighted by atomic mass is 16.5. The van der Waals surface area contributed by atoms with Gasteiger partial charge in [0.2, 0.25) is 0 Å². The summed E-state index contributed by atoms with van der Waals surface area (Å²) in [6.07, 6.45) is 9.40. The molecule has 0 radical (unpaired) electrons. The molecule has 1 aromatic rings. The minimum Gasteiger partial charge on any atom is -0.469 e. The molecule has 8 atom stereocenters. The van der Waals surface area contributed by atoms with E-state index in [1.807, 2.05) is 36.4 Å². The van der Waals surface area contributed by atoms with Gasteiger partial charge in [-0.05, 0) is 110 Å². The van der Waals surface area contributed by atoms with Crippen LogP contribution in [0, 0.1) is 44.8 Å². The quantitative estimate of drug-likeness (QED) is 0.236. The van der Waals surface area contributed by atoms with Crippen LogP contribution in [0.3, 0.4) is 0 Å². The number of carbonyl (C=O) groups excluding carboxylic acids is 3. The van der Waals surface area contributed by atoms with Gasteiger partial charge >= 0.3 is 11.9 Å². The molecule has 0 saturated heterocycles. The second-order valence-electron chi connectivity index (χ2n) is 15.7. The number of esters is 2. The maximum Gasteiger partial charge on any atom is 0.312 e. The summed E-state index contributed by atoms with van der Waals surface area (Å²) in [6, 6.07) is 9.86. The topological polar surface area (TPSA) is 69.7 Å². The zero-order valence-electron chi connectivity index (χ0n) is 27.5. The molecule has 3 saturated carbocycles. The summed E-state index contributed by atoms with van der Waals surface area (Å²) in [4.78, 5) is 40.5. The molecule has 0 aromatic heterocycles. The Kier molecular flexibility index (Phi) is 8.14. The van der Waals surface area contributed by atoms with Crippen molar-refractivity contribution in [1.82, 2.24) is 0 Å². The first kappa shape index (κ1) is 31.7. The Morgan fingerprint density at radius 3 is 2.30 bits per heavy atom. The molecule has 234 valence electrons. The van der Waals surface area contributed by atoms with Gasteiger partial charge in [-0.25, -0.2) is 0 Å². The maximum atomic E-state index is 14.5. The van der Waals surface area contributed by atoms with Gasteiger partial charge in [0.25, 0.3) is 0 Å². The largest absolute Gasteiger partial charge is 0.469 e. The zero-order chi connectivity index (χ0) is 31.4. The van der Waals surface area contributed by atoms with Crippen LogP contribution in [0.2, 0.25) is 0 Å². The predicted octanol–water partition coefficient (Wildman–Crippen LogP) is 8.42. The Morgan fingerprint density at radius 1 is 0.977 bits per heavy atom. The SMILES string of the molecule is C=C(C)C1CC[C@]2(C)C(C(=O)C=C3[C@@H]4C[C@@](C)(C(=O)OCc5ccccc5)CC[C@]4(C)CC[C@]32C)[C@@]1(C)CCC(=O)OC. The van der Waals surface area contributed by atoms with Crippen molar-refractivity contribution in [3.05, 3.63) is 59.7 Å². The minimum absolute atomic E-state index is 0.0527. The molecule has 4 aliphatic carbocycles. The summed E-state index contributed by atoms with van der Waals surface area (Å²) >= 11 is 0. The van der Waals surface area contributed by atoms with Crippen LogP contribution < -0.4 is 0 Å². The van der Waals surface area contributed by atoms with E-state index in [1.165, 1.54) is 12.7 Å². The standard InChI is InChI=1S/C38H52O5/c1-25(2)27-14-17-38(7)32(36(27,5)16-15-31(40)42-8)30(39)22-28-29-23-35(4,19-18-34(29,3)20-21-37(28,38)6)33(41)43-24-26-12-10-9-11-13-26/h9-13,22,27,29,32H,1,14-21,23-24H2,2-8H3/t27?,29-,32?,34+,35-,36-,37+,38+/m0/s1. The van der Waals surface area contributed by atoms with Crippen LogP contribution in [-0.2, 0) is 30.5 Å². The fourth-order valence-electron chi connectivity index (χ4n) is 10.3. The number of fused-ring (bicyclic) bond motifs is 5. The van der Waals surface area contributed by atoms with Crippen LogP contribution in [-0.4, -0.2) is 24.8 Å². The van der Waals surface area contributed by atoms with E-state index < -0.39 is 10.8 Å². The highest BCUT2D eigenvalue weighted by Gasteiger charge is 2.68. The van der Waals surface area contributed by atoms with E-state index >= 15 is 0 Å². The second kappa shape index (κ2) is 11.0. The Labute approximate surface area is 258 Å². The molecule has 5 rings (SSSR count). The number of rotatable bonds is 7. The van der Waals surface area contributed by atoms with Crippen molar-refractivity contribution in [3.8, 4) is 0 Å². The number of benzene rings is 1. The molecular formula is C38H52O5. The molecule has 43 heavy (non-hydrogen) atoms. The van der Waals surface area contributed by atoms with Gasteiger partial charge in [-0.3, -0.25) is 14.4 Å². The number of ether oxygens (including phenoxy) is 2. The molecule has 0 heterocycles. The van der Waals surface area contributed by atoms with Gasteiger partial charge in [-0.2, -0.15) is 0 Å².